The molecule has 5 aromatic rings. The Labute approximate surface area is 259 Å². The van der Waals surface area contributed by atoms with E-state index >= 15 is 0 Å². The van der Waals surface area contributed by atoms with Crippen LogP contribution in [0.2, 0.25) is 0 Å². The Bertz CT molecular complexity index is 2310. The minimum absolute atomic E-state index is 0.0367. The highest BCUT2D eigenvalue weighted by atomic mass is 32.2. The molecule has 1 aromatic heterocycles. The zero-order valence-electron chi connectivity index (χ0n) is 23.3. The van der Waals surface area contributed by atoms with Crippen molar-refractivity contribution in [2.45, 2.75) is 23.8 Å². The molecular weight excluding hydrogens is 618 g/mol. The number of halogens is 1. The van der Waals surface area contributed by atoms with Gasteiger partial charge in [0.25, 0.3) is 11.2 Å². The minimum Gasteiger partial charge on any atom is -0.379 e. The number of allylic oxidation sites excluding steroid dienone is 1. The van der Waals surface area contributed by atoms with Crippen molar-refractivity contribution in [1.82, 2.24) is 4.57 Å². The monoisotopic (exact) mass is 639 g/mol. The van der Waals surface area contributed by atoms with E-state index in [-0.39, 0.29) is 27.7 Å². The van der Waals surface area contributed by atoms with Gasteiger partial charge in [0.15, 0.2) is 4.80 Å². The third-order valence-electron chi connectivity index (χ3n) is 7.78. The first-order valence-electron chi connectivity index (χ1n) is 13.9. The first-order chi connectivity index (χ1) is 21.7. The molecule has 12 heteroatoms. The van der Waals surface area contributed by atoms with Gasteiger partial charge in [-0.05, 0) is 77.6 Å². The molecule has 0 N–H and O–H groups in total. The maximum absolute atomic E-state index is 13.9. The summed E-state index contributed by atoms with van der Waals surface area (Å²) >= 11 is 1.25. The lowest BCUT2D eigenvalue weighted by atomic mass is 9.83. The van der Waals surface area contributed by atoms with Gasteiger partial charge in [0, 0.05) is 17.7 Å². The number of hydrogen-bond acceptors (Lipinski definition) is 8. The molecule has 9 nitrogen and oxygen atoms in total. The second-order valence-electron chi connectivity index (χ2n) is 10.5. The molecule has 0 amide bonds. The number of aryl methyl sites for hydroxylation is 1. The number of nitro groups is 1. The number of hydrogen-bond donors (Lipinski definition) is 0. The molecule has 0 unspecified atom stereocenters. The summed E-state index contributed by atoms with van der Waals surface area (Å²) in [4.78, 5) is 29.4. The minimum atomic E-state index is -4.23. The number of aromatic nitrogens is 1. The summed E-state index contributed by atoms with van der Waals surface area (Å²) in [5.41, 5.74) is 5.02. The molecular formula is C33H22FN3O6S2. The van der Waals surface area contributed by atoms with Crippen LogP contribution in [0.4, 0.5) is 10.1 Å². The number of nitrogens with zero attached hydrogens (tertiary/aromatic N) is 3. The van der Waals surface area contributed by atoms with Gasteiger partial charge in [-0.25, -0.2) is 9.38 Å². The number of thiazole rings is 1. The SMILES string of the molecule is O=c1/c(=C\c2ccc(OS(=O)(=O)c3ccc([N+](=O)[O-])cc3)cc2)sc2n1[C@@H](c1ccc(F)cc1)C1=C(N=2)c2ccccc2CC1. The van der Waals surface area contributed by atoms with Crippen molar-refractivity contribution >= 4 is 38.9 Å². The van der Waals surface area contributed by atoms with E-state index in [0.29, 0.717) is 21.3 Å². The molecule has 0 radical (unpaired) electrons. The average Bonchev–Trinajstić information content (AvgIpc) is 3.35. The smallest absolute Gasteiger partial charge is 0.339 e. The first-order valence-corrected chi connectivity index (χ1v) is 16.1. The van der Waals surface area contributed by atoms with E-state index in [1.54, 1.807) is 34.9 Å². The van der Waals surface area contributed by atoms with Crippen LogP contribution in [-0.2, 0) is 16.5 Å². The Morgan fingerprint density at radius 1 is 0.956 bits per heavy atom. The largest absolute Gasteiger partial charge is 0.379 e. The van der Waals surface area contributed by atoms with Crippen LogP contribution in [0, 0.1) is 15.9 Å². The Hall–Kier alpha value is -5.20. The Morgan fingerprint density at radius 2 is 1.67 bits per heavy atom. The Morgan fingerprint density at radius 3 is 2.38 bits per heavy atom. The molecule has 0 bridgehead atoms. The predicted molar refractivity (Wildman–Crippen MR) is 167 cm³/mol. The van der Waals surface area contributed by atoms with Crippen LogP contribution in [0.1, 0.15) is 34.7 Å². The summed E-state index contributed by atoms with van der Waals surface area (Å²) in [5.74, 6) is -0.322. The van der Waals surface area contributed by atoms with Crippen LogP contribution < -0.4 is 19.1 Å². The fraction of sp³-hybridized carbons (Fsp3) is 0.0909. The van der Waals surface area contributed by atoms with Gasteiger partial charge >= 0.3 is 10.1 Å². The maximum Gasteiger partial charge on any atom is 0.339 e. The molecule has 1 aliphatic carbocycles. The van der Waals surface area contributed by atoms with Crippen LogP contribution in [-0.4, -0.2) is 17.9 Å². The highest BCUT2D eigenvalue weighted by molar-refractivity contribution is 7.87. The van der Waals surface area contributed by atoms with Crippen molar-refractivity contribution < 1.29 is 21.9 Å². The van der Waals surface area contributed by atoms with Crippen molar-refractivity contribution in [3.8, 4) is 5.75 Å². The molecule has 2 heterocycles. The zero-order chi connectivity index (χ0) is 31.3. The quantitative estimate of drug-likeness (QED) is 0.144. The van der Waals surface area contributed by atoms with Crippen LogP contribution in [0.15, 0.2) is 117 Å². The van der Waals surface area contributed by atoms with E-state index in [1.807, 2.05) is 18.2 Å². The van der Waals surface area contributed by atoms with Gasteiger partial charge in [0.2, 0.25) is 0 Å². The van der Waals surface area contributed by atoms with Gasteiger partial charge < -0.3 is 4.18 Å². The van der Waals surface area contributed by atoms with Crippen molar-refractivity contribution in [3.05, 3.63) is 161 Å². The molecule has 0 spiro atoms. The van der Waals surface area contributed by atoms with E-state index < -0.39 is 21.1 Å². The van der Waals surface area contributed by atoms with Crippen LogP contribution in [0.3, 0.4) is 0 Å². The van der Waals surface area contributed by atoms with E-state index in [2.05, 4.69) is 6.07 Å². The van der Waals surface area contributed by atoms with Crippen molar-refractivity contribution in [2.24, 2.45) is 4.99 Å². The lowest BCUT2D eigenvalue weighted by Crippen LogP contribution is -2.38. The molecule has 1 aliphatic heterocycles. The number of rotatable bonds is 6. The molecule has 2 aliphatic rings. The fourth-order valence-electron chi connectivity index (χ4n) is 5.65. The van der Waals surface area contributed by atoms with Crippen LogP contribution >= 0.6 is 11.3 Å². The summed E-state index contributed by atoms with van der Waals surface area (Å²) in [6, 6.07) is 24.4. The molecule has 0 saturated carbocycles. The second-order valence-corrected chi connectivity index (χ2v) is 13.1. The average molecular weight is 640 g/mol. The normalized spacial score (nSPS) is 15.9. The number of nitro benzene ring substituents is 1. The summed E-state index contributed by atoms with van der Waals surface area (Å²) < 4.78 is 46.6. The molecule has 224 valence electrons. The van der Waals surface area contributed by atoms with Crippen LogP contribution in [0.5, 0.6) is 5.75 Å². The van der Waals surface area contributed by atoms with Crippen molar-refractivity contribution in [3.63, 3.8) is 0 Å². The number of benzene rings is 4. The zero-order valence-corrected chi connectivity index (χ0v) is 24.9. The molecule has 0 saturated heterocycles. The lowest BCUT2D eigenvalue weighted by molar-refractivity contribution is -0.384. The standard InChI is InChI=1S/C33H22FN3O6S2/c34-23-10-7-22(8-11-23)31-28-18-9-21-3-1-2-4-27(21)30(28)35-33-36(31)32(38)29(44-33)19-20-5-14-25(15-6-20)43-45(41,42)26-16-12-24(13-17-26)37(39)40/h1-8,10-17,19,31H,9,18H2/b29-19+/t31-/m0/s1. The Kier molecular flexibility index (Phi) is 7.02. The van der Waals surface area contributed by atoms with E-state index in [1.165, 1.54) is 41.2 Å². The van der Waals surface area contributed by atoms with Crippen LogP contribution in [0.25, 0.3) is 11.8 Å². The number of fused-ring (bicyclic) bond motifs is 3. The third-order valence-corrected chi connectivity index (χ3v) is 10.0. The summed E-state index contributed by atoms with van der Waals surface area (Å²) in [5, 5.41) is 10.9. The predicted octanol–water partition coefficient (Wildman–Crippen LogP) is 5.13. The maximum atomic E-state index is 13.9. The third kappa shape index (κ3) is 5.28. The molecule has 45 heavy (non-hydrogen) atoms. The lowest BCUT2D eigenvalue weighted by Gasteiger charge is -2.30. The fourth-order valence-corrected chi connectivity index (χ4v) is 7.58. The molecule has 7 rings (SSSR count). The van der Waals surface area contributed by atoms with Gasteiger partial charge in [-0.1, -0.05) is 59.9 Å². The second kappa shape index (κ2) is 11.1. The van der Waals surface area contributed by atoms with Crippen molar-refractivity contribution in [2.75, 3.05) is 0 Å². The van der Waals surface area contributed by atoms with Gasteiger partial charge in [-0.2, -0.15) is 8.42 Å². The summed E-state index contributed by atoms with van der Waals surface area (Å²) in [7, 11) is -4.23. The van der Waals surface area contributed by atoms with Gasteiger partial charge in [0.05, 0.1) is 21.2 Å². The molecule has 0 fully saturated rings. The van der Waals surface area contributed by atoms with Gasteiger partial charge in [-0.15, -0.1) is 0 Å². The van der Waals surface area contributed by atoms with E-state index in [9.17, 15) is 27.7 Å². The summed E-state index contributed by atoms with van der Waals surface area (Å²) in [6.07, 6.45) is 3.23. The summed E-state index contributed by atoms with van der Waals surface area (Å²) in [6.45, 7) is 0. The van der Waals surface area contributed by atoms with Crippen molar-refractivity contribution in [1.29, 1.82) is 0 Å². The topological polar surface area (TPSA) is 121 Å². The van der Waals surface area contributed by atoms with E-state index in [0.717, 1.165) is 53.1 Å². The molecule has 4 aromatic carbocycles. The molecule has 1 atom stereocenters. The highest BCUT2D eigenvalue weighted by Gasteiger charge is 2.32. The Balaban J connectivity index is 1.25. The van der Waals surface area contributed by atoms with Gasteiger partial charge in [-0.3, -0.25) is 19.5 Å². The highest BCUT2D eigenvalue weighted by Crippen LogP contribution is 2.41. The van der Waals surface area contributed by atoms with Gasteiger partial charge in [0.1, 0.15) is 16.5 Å². The van der Waals surface area contributed by atoms with E-state index in [4.69, 9.17) is 9.18 Å². The first kappa shape index (κ1) is 28.6. The number of non-ortho nitro benzene ring substituents is 1.